The van der Waals surface area contributed by atoms with Crippen molar-refractivity contribution in [2.45, 2.75) is 57.7 Å². The van der Waals surface area contributed by atoms with Gasteiger partial charge in [-0.3, -0.25) is 4.48 Å². The minimum Gasteiger partial charge on any atom is -0.255 e. The molecule has 1 nitrogen and oxygen atoms in total. The molecule has 1 rings (SSSR count). The Kier molecular flexibility index (Phi) is 4.62. The van der Waals surface area contributed by atoms with Crippen molar-refractivity contribution in [3.05, 3.63) is 0 Å². The molecule has 0 N–H and O–H groups in total. The van der Waals surface area contributed by atoms with Crippen molar-refractivity contribution in [3.63, 3.8) is 0 Å². The summed E-state index contributed by atoms with van der Waals surface area (Å²) in [6.45, 7) is 2.35. The minimum absolute atomic E-state index is 0.0838. The summed E-state index contributed by atoms with van der Waals surface area (Å²) in [4.78, 5) is 0. The van der Waals surface area contributed by atoms with Crippen LogP contribution in [0.3, 0.4) is 0 Å². The van der Waals surface area contributed by atoms with Crippen LogP contribution in [0, 0.1) is 0 Å². The van der Waals surface area contributed by atoms with E-state index >= 15 is 0 Å². The van der Waals surface area contributed by atoms with Gasteiger partial charge in [-0.15, -0.1) is 8.78 Å². The molecular weight excluding hydrogens is 253 g/mol. The molecule has 6 heteroatoms. The largest absolute Gasteiger partial charge is 0.458 e. The molecular formula is C12H21F5N+. The van der Waals surface area contributed by atoms with E-state index < -0.39 is 29.2 Å². The lowest BCUT2D eigenvalue weighted by atomic mass is 10.2. The van der Waals surface area contributed by atoms with Gasteiger partial charge in [0.15, 0.2) is 0 Å². The summed E-state index contributed by atoms with van der Waals surface area (Å²) in [6, 6.07) is -4.30. The van der Waals surface area contributed by atoms with Gasteiger partial charge < -0.3 is 0 Å². The number of alkyl halides is 5. The van der Waals surface area contributed by atoms with E-state index in [1.807, 2.05) is 6.92 Å². The number of likely N-dealkylation sites (tertiary alicyclic amines) is 1. The van der Waals surface area contributed by atoms with Gasteiger partial charge >= 0.3 is 12.0 Å². The Labute approximate surface area is 105 Å². The molecule has 0 saturated carbocycles. The molecule has 1 fully saturated rings. The zero-order chi connectivity index (χ0) is 14.0. The fourth-order valence-corrected chi connectivity index (χ4v) is 2.60. The number of halogens is 5. The normalized spacial score (nSPS) is 33.8. The molecule has 108 valence electrons. The Morgan fingerprint density at radius 2 is 1.67 bits per heavy atom. The zero-order valence-corrected chi connectivity index (χ0v) is 10.9. The van der Waals surface area contributed by atoms with E-state index in [0.29, 0.717) is 6.42 Å². The highest BCUT2D eigenvalue weighted by molar-refractivity contribution is 4.92. The van der Waals surface area contributed by atoms with Gasteiger partial charge in [0, 0.05) is 0 Å². The second-order valence-electron chi connectivity index (χ2n) is 5.06. The SMILES string of the molecule is CCCCCC[N+]1(CC)CC(F)C(F)(F)C1(F)F. The van der Waals surface area contributed by atoms with Crippen LogP contribution in [0.15, 0.2) is 0 Å². The van der Waals surface area contributed by atoms with Crippen LogP contribution in [0.25, 0.3) is 0 Å². The molecule has 2 atom stereocenters. The second-order valence-corrected chi connectivity index (χ2v) is 5.06. The second kappa shape index (κ2) is 5.31. The average molecular weight is 274 g/mol. The number of quaternary nitrogens is 1. The predicted molar refractivity (Wildman–Crippen MR) is 59.5 cm³/mol. The Morgan fingerprint density at radius 1 is 1.06 bits per heavy atom. The summed E-state index contributed by atoms with van der Waals surface area (Å²) in [7, 11) is 0. The lowest BCUT2D eigenvalue weighted by molar-refractivity contribution is -1.00. The van der Waals surface area contributed by atoms with Crippen LogP contribution >= 0.6 is 0 Å². The van der Waals surface area contributed by atoms with Crippen LogP contribution in [0.2, 0.25) is 0 Å². The van der Waals surface area contributed by atoms with Crippen LogP contribution in [0.1, 0.15) is 39.5 Å². The number of rotatable bonds is 6. The molecule has 18 heavy (non-hydrogen) atoms. The van der Waals surface area contributed by atoms with Crippen molar-refractivity contribution >= 4 is 0 Å². The van der Waals surface area contributed by atoms with Crippen molar-refractivity contribution in [2.24, 2.45) is 0 Å². The molecule has 1 heterocycles. The minimum atomic E-state index is -4.55. The van der Waals surface area contributed by atoms with Gasteiger partial charge in [0.25, 0.3) is 0 Å². The Balaban J connectivity index is 2.81. The Morgan fingerprint density at radius 3 is 2.06 bits per heavy atom. The van der Waals surface area contributed by atoms with Crippen molar-refractivity contribution in [1.82, 2.24) is 0 Å². The number of unbranched alkanes of at least 4 members (excludes halogenated alkanes) is 3. The maximum absolute atomic E-state index is 13.8. The molecule has 2 unspecified atom stereocenters. The molecule has 0 radical (unpaired) electrons. The van der Waals surface area contributed by atoms with Gasteiger partial charge in [0.2, 0.25) is 6.17 Å². The first-order valence-electron chi connectivity index (χ1n) is 6.51. The third-order valence-corrected chi connectivity index (χ3v) is 3.94. The number of hydrogen-bond donors (Lipinski definition) is 0. The van der Waals surface area contributed by atoms with E-state index in [2.05, 4.69) is 0 Å². The number of hydrogen-bond acceptors (Lipinski definition) is 0. The Hall–Kier alpha value is -0.390. The van der Waals surface area contributed by atoms with Crippen LogP contribution in [0.5, 0.6) is 0 Å². The van der Waals surface area contributed by atoms with E-state index in [4.69, 9.17) is 0 Å². The van der Waals surface area contributed by atoms with Crippen molar-refractivity contribution in [2.75, 3.05) is 19.6 Å². The molecule has 0 bridgehead atoms. The maximum atomic E-state index is 13.8. The molecule has 1 aliphatic rings. The molecule has 0 amide bonds. The first kappa shape index (κ1) is 15.7. The van der Waals surface area contributed by atoms with E-state index in [0.717, 1.165) is 19.3 Å². The van der Waals surface area contributed by atoms with Crippen molar-refractivity contribution in [1.29, 1.82) is 0 Å². The summed E-state index contributed by atoms with van der Waals surface area (Å²) >= 11 is 0. The van der Waals surface area contributed by atoms with Crippen LogP contribution in [-0.2, 0) is 0 Å². The molecule has 0 aromatic rings. The third kappa shape index (κ3) is 2.24. The van der Waals surface area contributed by atoms with Crippen LogP contribution in [-0.4, -0.2) is 42.3 Å². The van der Waals surface area contributed by atoms with Crippen LogP contribution < -0.4 is 0 Å². The summed E-state index contributed by atoms with van der Waals surface area (Å²) in [5.74, 6) is -4.55. The fourth-order valence-electron chi connectivity index (χ4n) is 2.60. The number of nitrogens with zero attached hydrogens (tertiary/aromatic N) is 1. The summed E-state index contributed by atoms with van der Waals surface area (Å²) < 4.78 is 66.1. The highest BCUT2D eigenvalue weighted by Gasteiger charge is 2.80. The molecule has 1 saturated heterocycles. The van der Waals surface area contributed by atoms with Gasteiger partial charge in [-0.2, -0.15) is 8.78 Å². The molecule has 0 spiro atoms. The van der Waals surface area contributed by atoms with Gasteiger partial charge in [-0.1, -0.05) is 19.8 Å². The van der Waals surface area contributed by atoms with Crippen molar-refractivity contribution < 1.29 is 26.4 Å². The standard InChI is InChI=1S/C12H21F5N/c1-3-5-6-7-8-18(4-2)9-10(13)11(14,15)12(18,16)17/h10H,3-9H2,1-2H3/q+1. The topological polar surface area (TPSA) is 0 Å². The van der Waals surface area contributed by atoms with Crippen LogP contribution in [0.4, 0.5) is 22.0 Å². The third-order valence-electron chi connectivity index (χ3n) is 3.94. The van der Waals surface area contributed by atoms with Gasteiger partial charge in [0.1, 0.15) is 6.54 Å². The smallest absolute Gasteiger partial charge is 0.255 e. The highest BCUT2D eigenvalue weighted by Crippen LogP contribution is 2.51. The van der Waals surface area contributed by atoms with E-state index in [1.165, 1.54) is 6.92 Å². The predicted octanol–water partition coefficient (Wildman–Crippen LogP) is 3.98. The molecule has 0 aromatic carbocycles. The quantitative estimate of drug-likeness (QED) is 0.297. The Bertz CT molecular complexity index is 282. The molecule has 0 aromatic heterocycles. The first-order valence-corrected chi connectivity index (χ1v) is 6.51. The van der Waals surface area contributed by atoms with E-state index in [-0.39, 0.29) is 13.1 Å². The molecule has 1 aliphatic heterocycles. The van der Waals surface area contributed by atoms with E-state index in [1.54, 1.807) is 0 Å². The maximum Gasteiger partial charge on any atom is 0.458 e. The van der Waals surface area contributed by atoms with Crippen molar-refractivity contribution in [3.8, 4) is 0 Å². The fraction of sp³-hybridized carbons (Fsp3) is 1.00. The zero-order valence-electron chi connectivity index (χ0n) is 10.9. The summed E-state index contributed by atoms with van der Waals surface area (Å²) in [5, 5.41) is 0. The average Bonchev–Trinajstić information content (AvgIpc) is 2.44. The lowest BCUT2D eigenvalue weighted by Gasteiger charge is -2.38. The van der Waals surface area contributed by atoms with Gasteiger partial charge in [-0.05, 0) is 19.8 Å². The summed E-state index contributed by atoms with van der Waals surface area (Å²) in [5.41, 5.74) is 0. The first-order chi connectivity index (χ1) is 8.25. The molecule has 0 aliphatic carbocycles. The monoisotopic (exact) mass is 274 g/mol. The lowest BCUT2D eigenvalue weighted by Crippen LogP contribution is -2.61. The summed E-state index contributed by atoms with van der Waals surface area (Å²) in [6.07, 6.45) is 0.211. The van der Waals surface area contributed by atoms with Gasteiger partial charge in [0.05, 0.1) is 13.1 Å². The van der Waals surface area contributed by atoms with E-state index in [9.17, 15) is 22.0 Å². The highest BCUT2D eigenvalue weighted by atomic mass is 19.3. The van der Waals surface area contributed by atoms with Gasteiger partial charge in [-0.25, -0.2) is 4.39 Å².